The van der Waals surface area contributed by atoms with Gasteiger partial charge in [-0.05, 0) is 19.8 Å². The van der Waals surface area contributed by atoms with Gasteiger partial charge in [-0.1, -0.05) is 18.6 Å². The molecule has 14 heavy (non-hydrogen) atoms. The molecule has 0 heterocycles. The molecule has 0 spiro atoms. The number of unbranched alkanes of at least 4 members (excludes halogenated alkanes) is 2. The summed E-state index contributed by atoms with van der Waals surface area (Å²) in [6.45, 7) is 3.29. The van der Waals surface area contributed by atoms with Gasteiger partial charge in [-0.2, -0.15) is 0 Å². The van der Waals surface area contributed by atoms with Gasteiger partial charge in [-0.25, -0.2) is 5.48 Å². The standard InChI is InChI=1S/C10H19NO3/c1-2-3-9-14-11-8-6-4-5-7-10(12)13/h2-3,11H,4-9H2,1H3,(H,12,13)/b3-2-. The summed E-state index contributed by atoms with van der Waals surface area (Å²) >= 11 is 0. The first kappa shape index (κ1) is 13.1. The topological polar surface area (TPSA) is 58.6 Å². The Labute approximate surface area is 84.9 Å². The van der Waals surface area contributed by atoms with Gasteiger partial charge in [0, 0.05) is 13.0 Å². The third kappa shape index (κ3) is 11.1. The Morgan fingerprint density at radius 1 is 1.43 bits per heavy atom. The fourth-order valence-corrected chi connectivity index (χ4v) is 0.926. The lowest BCUT2D eigenvalue weighted by atomic mass is 10.2. The Balaban J connectivity index is 2.95. The normalized spacial score (nSPS) is 10.9. The first-order valence-corrected chi connectivity index (χ1v) is 4.95. The van der Waals surface area contributed by atoms with Crippen molar-refractivity contribution in [3.63, 3.8) is 0 Å². The van der Waals surface area contributed by atoms with Crippen LogP contribution in [0.2, 0.25) is 0 Å². The van der Waals surface area contributed by atoms with E-state index in [4.69, 9.17) is 9.94 Å². The van der Waals surface area contributed by atoms with Crippen LogP contribution in [0, 0.1) is 0 Å². The molecular weight excluding hydrogens is 182 g/mol. The average molecular weight is 201 g/mol. The molecular formula is C10H19NO3. The lowest BCUT2D eigenvalue weighted by molar-refractivity contribution is -0.137. The van der Waals surface area contributed by atoms with E-state index in [0.717, 1.165) is 25.8 Å². The number of allylic oxidation sites excluding steroid dienone is 1. The van der Waals surface area contributed by atoms with E-state index >= 15 is 0 Å². The molecule has 0 rings (SSSR count). The van der Waals surface area contributed by atoms with Gasteiger partial charge < -0.3 is 5.11 Å². The maximum atomic E-state index is 10.2. The second-order valence-corrected chi connectivity index (χ2v) is 2.98. The molecule has 0 atom stereocenters. The Bertz CT molecular complexity index is 169. The first-order valence-electron chi connectivity index (χ1n) is 4.95. The molecule has 0 aliphatic carbocycles. The van der Waals surface area contributed by atoms with E-state index in [1.54, 1.807) is 0 Å². The van der Waals surface area contributed by atoms with Crippen LogP contribution in [0.3, 0.4) is 0 Å². The Morgan fingerprint density at radius 2 is 2.21 bits per heavy atom. The van der Waals surface area contributed by atoms with Crippen LogP contribution in [0.1, 0.15) is 32.6 Å². The first-order chi connectivity index (χ1) is 6.77. The summed E-state index contributed by atoms with van der Waals surface area (Å²) < 4.78 is 0. The number of carboxylic acid groups (broad SMARTS) is 1. The number of hydrogen-bond donors (Lipinski definition) is 2. The van der Waals surface area contributed by atoms with E-state index in [9.17, 15) is 4.79 Å². The van der Waals surface area contributed by atoms with E-state index < -0.39 is 5.97 Å². The zero-order valence-corrected chi connectivity index (χ0v) is 8.66. The molecule has 0 aromatic heterocycles. The van der Waals surface area contributed by atoms with Crippen molar-refractivity contribution in [3.8, 4) is 0 Å². The number of nitrogens with one attached hydrogen (secondary N) is 1. The summed E-state index contributed by atoms with van der Waals surface area (Å²) in [6.07, 6.45) is 6.71. The van der Waals surface area contributed by atoms with Crippen LogP contribution in [-0.4, -0.2) is 24.2 Å². The third-order valence-corrected chi connectivity index (χ3v) is 1.69. The minimum Gasteiger partial charge on any atom is -0.481 e. The number of carbonyl (C=O) groups is 1. The molecule has 0 fully saturated rings. The lowest BCUT2D eigenvalue weighted by Crippen LogP contribution is -2.15. The summed E-state index contributed by atoms with van der Waals surface area (Å²) in [5, 5.41) is 8.37. The minimum absolute atomic E-state index is 0.263. The summed E-state index contributed by atoms with van der Waals surface area (Å²) in [4.78, 5) is 15.2. The highest BCUT2D eigenvalue weighted by Crippen LogP contribution is 1.98. The van der Waals surface area contributed by atoms with Crippen molar-refractivity contribution in [2.75, 3.05) is 13.2 Å². The van der Waals surface area contributed by atoms with Crippen molar-refractivity contribution in [1.82, 2.24) is 5.48 Å². The smallest absolute Gasteiger partial charge is 0.303 e. The second kappa shape index (κ2) is 10.2. The fourth-order valence-electron chi connectivity index (χ4n) is 0.926. The van der Waals surface area contributed by atoms with Gasteiger partial charge >= 0.3 is 5.97 Å². The average Bonchev–Trinajstić information content (AvgIpc) is 2.15. The van der Waals surface area contributed by atoms with E-state index in [0.29, 0.717) is 6.61 Å². The van der Waals surface area contributed by atoms with Gasteiger partial charge in [0.15, 0.2) is 0 Å². The van der Waals surface area contributed by atoms with Gasteiger partial charge in [0.1, 0.15) is 0 Å². The van der Waals surface area contributed by atoms with Crippen LogP contribution in [0.4, 0.5) is 0 Å². The summed E-state index contributed by atoms with van der Waals surface area (Å²) in [7, 11) is 0. The van der Waals surface area contributed by atoms with Crippen molar-refractivity contribution in [2.24, 2.45) is 0 Å². The molecule has 0 aromatic rings. The molecule has 0 aromatic carbocycles. The SMILES string of the molecule is C/C=C\CONCCCCCC(=O)O. The van der Waals surface area contributed by atoms with Gasteiger partial charge in [0.25, 0.3) is 0 Å². The van der Waals surface area contributed by atoms with E-state index in [1.165, 1.54) is 0 Å². The number of rotatable bonds is 9. The van der Waals surface area contributed by atoms with Crippen LogP contribution < -0.4 is 5.48 Å². The molecule has 0 aliphatic heterocycles. The fraction of sp³-hybridized carbons (Fsp3) is 0.700. The largest absolute Gasteiger partial charge is 0.481 e. The molecule has 0 amide bonds. The van der Waals surface area contributed by atoms with Crippen LogP contribution in [-0.2, 0) is 9.63 Å². The Hall–Kier alpha value is -0.870. The Morgan fingerprint density at radius 3 is 2.86 bits per heavy atom. The number of carboxylic acids is 1. The van der Waals surface area contributed by atoms with Crippen LogP contribution >= 0.6 is 0 Å². The highest BCUT2D eigenvalue weighted by atomic mass is 16.6. The van der Waals surface area contributed by atoms with Crippen LogP contribution in [0.5, 0.6) is 0 Å². The molecule has 4 heteroatoms. The van der Waals surface area contributed by atoms with E-state index in [-0.39, 0.29) is 6.42 Å². The van der Waals surface area contributed by atoms with Gasteiger partial charge in [-0.15, -0.1) is 0 Å². The molecule has 0 saturated heterocycles. The highest BCUT2D eigenvalue weighted by molar-refractivity contribution is 5.66. The summed E-state index contributed by atoms with van der Waals surface area (Å²) in [5.74, 6) is -0.720. The Kier molecular flexibility index (Phi) is 9.58. The van der Waals surface area contributed by atoms with Gasteiger partial charge in [0.2, 0.25) is 0 Å². The van der Waals surface area contributed by atoms with Crippen molar-refractivity contribution in [2.45, 2.75) is 32.6 Å². The maximum absolute atomic E-state index is 10.2. The molecule has 0 aliphatic rings. The minimum atomic E-state index is -0.720. The summed E-state index contributed by atoms with van der Waals surface area (Å²) in [6, 6.07) is 0. The van der Waals surface area contributed by atoms with Crippen molar-refractivity contribution >= 4 is 5.97 Å². The molecule has 0 radical (unpaired) electrons. The van der Waals surface area contributed by atoms with Crippen molar-refractivity contribution < 1.29 is 14.7 Å². The zero-order chi connectivity index (χ0) is 10.6. The lowest BCUT2D eigenvalue weighted by Gasteiger charge is -2.02. The molecule has 0 bridgehead atoms. The molecule has 82 valence electrons. The molecule has 2 N–H and O–H groups in total. The van der Waals surface area contributed by atoms with Gasteiger partial charge in [-0.3, -0.25) is 9.63 Å². The maximum Gasteiger partial charge on any atom is 0.303 e. The van der Waals surface area contributed by atoms with Crippen LogP contribution in [0.25, 0.3) is 0 Å². The monoisotopic (exact) mass is 201 g/mol. The highest BCUT2D eigenvalue weighted by Gasteiger charge is 1.95. The van der Waals surface area contributed by atoms with Crippen LogP contribution in [0.15, 0.2) is 12.2 Å². The van der Waals surface area contributed by atoms with Gasteiger partial charge in [0.05, 0.1) is 6.61 Å². The number of aliphatic carboxylic acids is 1. The van der Waals surface area contributed by atoms with E-state index in [1.807, 2.05) is 19.1 Å². The predicted molar refractivity (Wildman–Crippen MR) is 54.9 cm³/mol. The molecule has 0 unspecified atom stereocenters. The number of hydrogen-bond acceptors (Lipinski definition) is 3. The number of hydroxylamine groups is 1. The predicted octanol–water partition coefficient (Wildman–Crippen LogP) is 1.73. The quantitative estimate of drug-likeness (QED) is 0.339. The second-order valence-electron chi connectivity index (χ2n) is 2.98. The molecule has 0 saturated carbocycles. The van der Waals surface area contributed by atoms with Crippen molar-refractivity contribution in [3.05, 3.63) is 12.2 Å². The van der Waals surface area contributed by atoms with E-state index in [2.05, 4.69) is 5.48 Å². The zero-order valence-electron chi connectivity index (χ0n) is 8.66. The summed E-state index contributed by atoms with van der Waals surface area (Å²) in [5.41, 5.74) is 2.81. The van der Waals surface area contributed by atoms with Crippen molar-refractivity contribution in [1.29, 1.82) is 0 Å². The third-order valence-electron chi connectivity index (χ3n) is 1.69. The molecule has 4 nitrogen and oxygen atoms in total.